The van der Waals surface area contributed by atoms with Gasteiger partial charge in [0.1, 0.15) is 6.04 Å². The highest BCUT2D eigenvalue weighted by Gasteiger charge is 2.41. The molecular formula is C26H23ClN4O4S. The Morgan fingerprint density at radius 3 is 2.50 bits per heavy atom. The number of anilines is 1. The number of fused-ring (bicyclic) bond motifs is 1. The van der Waals surface area contributed by atoms with Crippen molar-refractivity contribution < 1.29 is 18.0 Å². The number of carbonyl (C=O) groups is 2. The SMILES string of the molecule is O=C(CCN1C(=O)C(C2CC2)N=C(c2ccccc2)c2cc(Cl)ccc21)NS(=O)(=O)c1ccccn1. The van der Waals surface area contributed by atoms with Crippen LogP contribution < -0.4 is 9.62 Å². The molecule has 10 heteroatoms. The molecule has 2 aliphatic rings. The lowest BCUT2D eigenvalue weighted by Crippen LogP contribution is -2.41. The molecule has 36 heavy (non-hydrogen) atoms. The fourth-order valence-corrected chi connectivity index (χ4v) is 5.36. The predicted molar refractivity (Wildman–Crippen MR) is 137 cm³/mol. The average molecular weight is 523 g/mol. The van der Waals surface area contributed by atoms with E-state index in [0.717, 1.165) is 18.4 Å². The molecule has 2 amide bonds. The number of nitrogens with zero attached hydrogens (tertiary/aromatic N) is 3. The Morgan fingerprint density at radius 1 is 1.06 bits per heavy atom. The molecule has 1 aliphatic heterocycles. The van der Waals surface area contributed by atoms with Gasteiger partial charge in [0, 0.05) is 35.3 Å². The number of nitrogens with one attached hydrogen (secondary N) is 1. The van der Waals surface area contributed by atoms with Crippen molar-refractivity contribution in [3.05, 3.63) is 89.1 Å². The minimum absolute atomic E-state index is 0.0160. The zero-order valence-corrected chi connectivity index (χ0v) is 20.7. The molecule has 8 nitrogen and oxygen atoms in total. The first-order valence-electron chi connectivity index (χ1n) is 11.5. The van der Waals surface area contributed by atoms with Gasteiger partial charge >= 0.3 is 0 Å². The number of aliphatic imine (C=N–C) groups is 1. The summed E-state index contributed by atoms with van der Waals surface area (Å²) in [6, 6.07) is 18.6. The Kier molecular flexibility index (Phi) is 6.59. The Labute approximate surface area is 214 Å². The van der Waals surface area contributed by atoms with Gasteiger partial charge in [-0.25, -0.2) is 9.71 Å². The Morgan fingerprint density at radius 2 is 1.81 bits per heavy atom. The van der Waals surface area contributed by atoms with Gasteiger partial charge in [0.2, 0.25) is 5.91 Å². The molecule has 1 fully saturated rings. The summed E-state index contributed by atoms with van der Waals surface area (Å²) in [6.07, 6.45) is 2.91. The number of benzene rings is 2. The minimum atomic E-state index is -4.11. The highest BCUT2D eigenvalue weighted by Crippen LogP contribution is 2.39. The molecule has 1 atom stereocenters. The van der Waals surface area contributed by atoms with Crippen molar-refractivity contribution in [2.75, 3.05) is 11.4 Å². The summed E-state index contributed by atoms with van der Waals surface area (Å²) in [5, 5.41) is 0.243. The summed E-state index contributed by atoms with van der Waals surface area (Å²) < 4.78 is 27.0. The first-order valence-corrected chi connectivity index (χ1v) is 13.4. The molecule has 1 unspecified atom stereocenters. The van der Waals surface area contributed by atoms with E-state index in [1.54, 1.807) is 24.3 Å². The lowest BCUT2D eigenvalue weighted by atomic mass is 10.00. The number of halogens is 1. The van der Waals surface area contributed by atoms with E-state index in [0.29, 0.717) is 22.0 Å². The van der Waals surface area contributed by atoms with Gasteiger partial charge in [-0.2, -0.15) is 8.42 Å². The number of aromatic nitrogens is 1. The monoisotopic (exact) mass is 522 g/mol. The van der Waals surface area contributed by atoms with E-state index >= 15 is 0 Å². The van der Waals surface area contributed by atoms with Crippen molar-refractivity contribution in [3.8, 4) is 0 Å². The Bertz CT molecular complexity index is 1440. The van der Waals surface area contributed by atoms with E-state index in [1.165, 1.54) is 23.2 Å². The third-order valence-corrected chi connectivity index (χ3v) is 7.65. The van der Waals surface area contributed by atoms with E-state index < -0.39 is 22.0 Å². The molecule has 0 radical (unpaired) electrons. The van der Waals surface area contributed by atoms with Crippen LogP contribution in [0.15, 0.2) is 82.9 Å². The van der Waals surface area contributed by atoms with Gasteiger partial charge in [-0.05, 0) is 49.1 Å². The lowest BCUT2D eigenvalue weighted by molar-refractivity contribution is -0.120. The standard InChI is InChI=1S/C26H23ClN4O4S/c27-19-11-12-21-20(16-19)24(17-6-2-1-3-7-17)29-25(18-9-10-18)26(33)31(21)15-13-22(32)30-36(34,35)23-8-4-5-14-28-23/h1-8,11-12,14,16,18,25H,9-10,13,15H2,(H,30,32). The molecular weight excluding hydrogens is 500 g/mol. The number of benzodiazepines with no additional fused rings is 1. The molecule has 3 aromatic rings. The molecule has 184 valence electrons. The largest absolute Gasteiger partial charge is 0.309 e. The topological polar surface area (TPSA) is 109 Å². The van der Waals surface area contributed by atoms with E-state index in [-0.39, 0.29) is 29.8 Å². The normalized spacial score (nSPS) is 17.7. The number of amides is 2. The van der Waals surface area contributed by atoms with Crippen LogP contribution in [0.25, 0.3) is 0 Å². The highest BCUT2D eigenvalue weighted by molar-refractivity contribution is 7.90. The van der Waals surface area contributed by atoms with Crippen LogP contribution in [0.1, 0.15) is 30.4 Å². The lowest BCUT2D eigenvalue weighted by Gasteiger charge is -2.25. The summed E-state index contributed by atoms with van der Waals surface area (Å²) in [4.78, 5) is 36.6. The third kappa shape index (κ3) is 5.03. The van der Waals surface area contributed by atoms with Crippen molar-refractivity contribution in [1.29, 1.82) is 0 Å². The first kappa shape index (κ1) is 24.1. The Hall–Kier alpha value is -3.56. The molecule has 2 aromatic carbocycles. The van der Waals surface area contributed by atoms with Crippen LogP contribution in [0.5, 0.6) is 0 Å². The summed E-state index contributed by atoms with van der Waals surface area (Å²) in [7, 11) is -4.11. The van der Waals surface area contributed by atoms with Crippen LogP contribution in [-0.2, 0) is 19.6 Å². The van der Waals surface area contributed by atoms with E-state index in [4.69, 9.17) is 16.6 Å². The summed E-state index contributed by atoms with van der Waals surface area (Å²) >= 11 is 6.34. The van der Waals surface area contributed by atoms with Gasteiger partial charge in [-0.15, -0.1) is 0 Å². The zero-order valence-electron chi connectivity index (χ0n) is 19.2. The number of pyridine rings is 1. The van der Waals surface area contributed by atoms with Crippen LogP contribution in [0.2, 0.25) is 5.02 Å². The van der Waals surface area contributed by atoms with Gasteiger partial charge < -0.3 is 4.90 Å². The molecule has 5 rings (SSSR count). The van der Waals surface area contributed by atoms with Crippen molar-refractivity contribution in [2.24, 2.45) is 10.9 Å². The van der Waals surface area contributed by atoms with E-state index in [1.807, 2.05) is 35.1 Å². The number of carbonyl (C=O) groups excluding carboxylic acids is 2. The van der Waals surface area contributed by atoms with Crippen LogP contribution in [0, 0.1) is 5.92 Å². The molecule has 1 aliphatic carbocycles. The highest BCUT2D eigenvalue weighted by atomic mass is 35.5. The zero-order chi connectivity index (χ0) is 25.3. The number of sulfonamides is 1. The predicted octanol–water partition coefficient (Wildman–Crippen LogP) is 3.59. The maximum absolute atomic E-state index is 13.7. The second kappa shape index (κ2) is 9.83. The van der Waals surface area contributed by atoms with E-state index in [9.17, 15) is 18.0 Å². The van der Waals surface area contributed by atoms with Crippen molar-refractivity contribution in [3.63, 3.8) is 0 Å². The molecule has 1 saturated carbocycles. The van der Waals surface area contributed by atoms with Crippen molar-refractivity contribution in [1.82, 2.24) is 9.71 Å². The van der Waals surface area contributed by atoms with E-state index in [2.05, 4.69) is 4.98 Å². The third-order valence-electron chi connectivity index (χ3n) is 6.13. The summed E-state index contributed by atoms with van der Waals surface area (Å²) in [5.41, 5.74) is 2.80. The fourth-order valence-electron chi connectivity index (χ4n) is 4.22. The van der Waals surface area contributed by atoms with Crippen LogP contribution in [0.4, 0.5) is 5.69 Å². The molecule has 2 heterocycles. The quantitative estimate of drug-likeness (QED) is 0.510. The molecule has 1 N–H and O–H groups in total. The fraction of sp³-hybridized carbons (Fsp3) is 0.231. The van der Waals surface area contributed by atoms with Crippen LogP contribution in [0.3, 0.4) is 0 Å². The van der Waals surface area contributed by atoms with Gasteiger partial charge in [0.15, 0.2) is 5.03 Å². The molecule has 0 saturated heterocycles. The van der Waals surface area contributed by atoms with Crippen molar-refractivity contribution >= 4 is 44.8 Å². The number of rotatable bonds is 7. The molecule has 0 bridgehead atoms. The van der Waals surface area contributed by atoms with Gasteiger partial charge in [0.05, 0.1) is 11.4 Å². The molecule has 0 spiro atoms. The summed E-state index contributed by atoms with van der Waals surface area (Å²) in [6.45, 7) is -0.0160. The smallest absolute Gasteiger partial charge is 0.281 e. The summed E-state index contributed by atoms with van der Waals surface area (Å²) in [5.74, 6) is -0.824. The number of hydrogen-bond acceptors (Lipinski definition) is 6. The van der Waals surface area contributed by atoms with Crippen molar-refractivity contribution in [2.45, 2.75) is 30.3 Å². The Balaban J connectivity index is 1.45. The van der Waals surface area contributed by atoms with Crippen LogP contribution in [-0.4, -0.2) is 43.5 Å². The second-order valence-electron chi connectivity index (χ2n) is 8.72. The van der Waals surface area contributed by atoms with Gasteiger partial charge in [-0.3, -0.25) is 14.6 Å². The maximum Gasteiger partial charge on any atom is 0.281 e. The first-order chi connectivity index (χ1) is 17.3. The maximum atomic E-state index is 13.7. The second-order valence-corrected chi connectivity index (χ2v) is 10.8. The minimum Gasteiger partial charge on any atom is -0.309 e. The average Bonchev–Trinajstić information content (AvgIpc) is 3.72. The number of hydrogen-bond donors (Lipinski definition) is 1. The molecule has 1 aromatic heterocycles. The van der Waals surface area contributed by atoms with Gasteiger partial charge in [-0.1, -0.05) is 48.0 Å². The van der Waals surface area contributed by atoms with Crippen LogP contribution >= 0.6 is 11.6 Å². The van der Waals surface area contributed by atoms with Gasteiger partial charge in [0.25, 0.3) is 15.9 Å².